The Balaban J connectivity index is 1.63. The first-order chi connectivity index (χ1) is 13.1. The molecule has 8 nitrogen and oxygen atoms in total. The first-order valence-corrected chi connectivity index (χ1v) is 11.0. The molecule has 0 fully saturated rings. The molecule has 3 rings (SSSR count). The van der Waals surface area contributed by atoms with Crippen LogP contribution in [0.2, 0.25) is 0 Å². The second-order valence-corrected chi connectivity index (χ2v) is 9.45. The molecule has 0 saturated heterocycles. The van der Waals surface area contributed by atoms with Gasteiger partial charge in [-0.2, -0.15) is 0 Å². The van der Waals surface area contributed by atoms with Gasteiger partial charge in [0.05, 0.1) is 10.2 Å². The summed E-state index contributed by atoms with van der Waals surface area (Å²) in [4.78, 5) is 10.3. The first kappa shape index (κ1) is 19.8. The minimum absolute atomic E-state index is 0.0197. The first-order valence-electron chi connectivity index (χ1n) is 8.28. The maximum absolute atomic E-state index is 10.7. The molecule has 11 heteroatoms. The highest BCUT2D eigenvalue weighted by Crippen LogP contribution is 2.38. The highest BCUT2D eigenvalue weighted by Gasteiger charge is 2.19. The molecule has 27 heavy (non-hydrogen) atoms. The number of benzene rings is 1. The van der Waals surface area contributed by atoms with Crippen molar-refractivity contribution in [2.24, 2.45) is 0 Å². The fourth-order valence-corrected chi connectivity index (χ4v) is 5.40. The van der Waals surface area contributed by atoms with E-state index in [1.54, 1.807) is 35.2 Å². The fraction of sp³-hybridized carbons (Fsp3) is 0.375. The molecule has 0 aliphatic carbocycles. The Hall–Kier alpha value is -1.98. The molecule has 142 valence electrons. The molecule has 0 aliphatic rings. The van der Waals surface area contributed by atoms with E-state index in [1.165, 1.54) is 30.3 Å². The van der Waals surface area contributed by atoms with E-state index >= 15 is 0 Å². The van der Waals surface area contributed by atoms with Crippen LogP contribution in [0.15, 0.2) is 37.4 Å². The van der Waals surface area contributed by atoms with Crippen molar-refractivity contribution in [2.75, 3.05) is 5.75 Å². The second kappa shape index (κ2) is 9.29. The summed E-state index contributed by atoms with van der Waals surface area (Å²) < 4.78 is 7.55. The molecular formula is C16H17N5O3S3. The Morgan fingerprint density at radius 1 is 1.19 bits per heavy atom. The Bertz CT molecular complexity index is 897. The fourth-order valence-electron chi connectivity index (χ4n) is 2.05. The van der Waals surface area contributed by atoms with Crippen LogP contribution in [0.3, 0.4) is 0 Å². The molecule has 1 aromatic carbocycles. The lowest BCUT2D eigenvalue weighted by atomic mass is 10.2. The standard InChI is InChI=1S/C16H17N5O3S3/c1-3-4-9-25-15-19-20-16(27-15)26-10(2)13-17-18-14(24-13)11-5-7-12(8-6-11)21(22)23/h5-8,10H,3-4,9H2,1-2H3. The van der Waals surface area contributed by atoms with Gasteiger partial charge in [-0.25, -0.2) is 0 Å². The van der Waals surface area contributed by atoms with Crippen LogP contribution in [0.4, 0.5) is 5.69 Å². The number of thioether (sulfide) groups is 2. The minimum Gasteiger partial charge on any atom is -0.419 e. The predicted octanol–water partition coefficient (Wildman–Crippen LogP) is 5.24. The quantitative estimate of drug-likeness (QED) is 0.197. The van der Waals surface area contributed by atoms with Crippen molar-refractivity contribution in [1.29, 1.82) is 0 Å². The Labute approximate surface area is 168 Å². The van der Waals surface area contributed by atoms with Crippen molar-refractivity contribution >= 4 is 40.5 Å². The van der Waals surface area contributed by atoms with Crippen LogP contribution >= 0.6 is 34.9 Å². The minimum atomic E-state index is -0.446. The van der Waals surface area contributed by atoms with Crippen LogP contribution in [0.5, 0.6) is 0 Å². The van der Waals surface area contributed by atoms with Crippen LogP contribution in [-0.4, -0.2) is 31.1 Å². The number of hydrogen-bond acceptors (Lipinski definition) is 10. The van der Waals surface area contributed by atoms with Gasteiger partial charge in [0.1, 0.15) is 0 Å². The molecule has 2 aromatic heterocycles. The summed E-state index contributed by atoms with van der Waals surface area (Å²) >= 11 is 4.81. The Morgan fingerprint density at radius 3 is 2.63 bits per heavy atom. The van der Waals surface area contributed by atoms with Crippen LogP contribution in [0.25, 0.3) is 11.5 Å². The number of non-ortho nitro benzene ring substituents is 1. The van der Waals surface area contributed by atoms with Gasteiger partial charge in [0.15, 0.2) is 8.68 Å². The van der Waals surface area contributed by atoms with E-state index in [-0.39, 0.29) is 10.9 Å². The molecule has 0 saturated carbocycles. The van der Waals surface area contributed by atoms with Gasteiger partial charge >= 0.3 is 0 Å². The predicted molar refractivity (Wildman–Crippen MR) is 106 cm³/mol. The summed E-state index contributed by atoms with van der Waals surface area (Å²) in [5.41, 5.74) is 0.661. The summed E-state index contributed by atoms with van der Waals surface area (Å²) in [6, 6.07) is 6.02. The van der Waals surface area contributed by atoms with Crippen molar-refractivity contribution in [1.82, 2.24) is 20.4 Å². The zero-order chi connectivity index (χ0) is 19.2. The SMILES string of the molecule is CCCCSc1nnc(SC(C)c2nnc(-c3ccc([N+](=O)[O-])cc3)o2)s1. The molecule has 3 aromatic rings. The van der Waals surface area contributed by atoms with Crippen LogP contribution in [-0.2, 0) is 0 Å². The number of nitro groups is 1. The smallest absolute Gasteiger partial charge is 0.269 e. The number of unbranched alkanes of at least 4 members (excludes halogenated alkanes) is 1. The van der Waals surface area contributed by atoms with Gasteiger partial charge in [0.25, 0.3) is 5.69 Å². The van der Waals surface area contributed by atoms with Crippen molar-refractivity contribution in [3.05, 3.63) is 40.3 Å². The molecule has 2 heterocycles. The molecular weight excluding hydrogens is 406 g/mol. The second-order valence-electron chi connectivity index (χ2n) is 5.55. The van der Waals surface area contributed by atoms with E-state index in [9.17, 15) is 10.1 Å². The van der Waals surface area contributed by atoms with E-state index in [0.717, 1.165) is 20.9 Å². The van der Waals surface area contributed by atoms with E-state index < -0.39 is 4.92 Å². The monoisotopic (exact) mass is 423 g/mol. The van der Waals surface area contributed by atoms with Crippen molar-refractivity contribution in [3.8, 4) is 11.5 Å². The maximum atomic E-state index is 10.7. The summed E-state index contributed by atoms with van der Waals surface area (Å²) in [5, 5.41) is 27.2. The maximum Gasteiger partial charge on any atom is 0.269 e. The average molecular weight is 424 g/mol. The van der Waals surface area contributed by atoms with Gasteiger partial charge in [-0.1, -0.05) is 48.2 Å². The summed E-state index contributed by atoms with van der Waals surface area (Å²) in [5.74, 6) is 1.86. The third-order valence-corrected chi connectivity index (χ3v) is 6.82. The van der Waals surface area contributed by atoms with Gasteiger partial charge < -0.3 is 4.42 Å². The lowest BCUT2D eigenvalue weighted by molar-refractivity contribution is -0.384. The van der Waals surface area contributed by atoms with Gasteiger partial charge in [0.2, 0.25) is 11.8 Å². The van der Waals surface area contributed by atoms with Gasteiger partial charge in [-0.05, 0) is 25.5 Å². The molecule has 0 spiro atoms. The van der Waals surface area contributed by atoms with E-state index in [1.807, 2.05) is 6.92 Å². The third-order valence-electron chi connectivity index (χ3n) is 3.50. The average Bonchev–Trinajstić information content (AvgIpc) is 3.32. The molecule has 0 bridgehead atoms. The third kappa shape index (κ3) is 5.27. The van der Waals surface area contributed by atoms with Crippen LogP contribution in [0, 0.1) is 10.1 Å². The van der Waals surface area contributed by atoms with Crippen molar-refractivity contribution in [2.45, 2.75) is 40.6 Å². The number of aromatic nitrogens is 4. The molecule has 0 N–H and O–H groups in total. The van der Waals surface area contributed by atoms with Crippen LogP contribution < -0.4 is 0 Å². The topological polar surface area (TPSA) is 108 Å². The van der Waals surface area contributed by atoms with Gasteiger partial charge in [-0.15, -0.1) is 20.4 Å². The molecule has 0 radical (unpaired) electrons. The normalized spacial score (nSPS) is 12.2. The van der Waals surface area contributed by atoms with Crippen molar-refractivity contribution in [3.63, 3.8) is 0 Å². The number of nitro benzene ring substituents is 1. The van der Waals surface area contributed by atoms with Crippen LogP contribution in [0.1, 0.15) is 37.8 Å². The molecule has 1 atom stereocenters. The van der Waals surface area contributed by atoms with Gasteiger partial charge in [0, 0.05) is 23.4 Å². The van der Waals surface area contributed by atoms with E-state index in [0.29, 0.717) is 17.3 Å². The molecule has 0 aliphatic heterocycles. The lowest BCUT2D eigenvalue weighted by Crippen LogP contribution is -1.88. The molecule has 1 unspecified atom stereocenters. The zero-order valence-electron chi connectivity index (χ0n) is 14.7. The highest BCUT2D eigenvalue weighted by atomic mass is 32.2. The summed E-state index contributed by atoms with van der Waals surface area (Å²) in [6.07, 6.45) is 2.33. The lowest BCUT2D eigenvalue weighted by Gasteiger charge is -2.02. The number of rotatable bonds is 9. The number of nitrogens with zero attached hydrogens (tertiary/aromatic N) is 5. The zero-order valence-corrected chi connectivity index (χ0v) is 17.1. The van der Waals surface area contributed by atoms with E-state index in [2.05, 4.69) is 27.3 Å². The molecule has 0 amide bonds. The summed E-state index contributed by atoms with van der Waals surface area (Å²) in [6.45, 7) is 4.13. The van der Waals surface area contributed by atoms with Crippen molar-refractivity contribution < 1.29 is 9.34 Å². The largest absolute Gasteiger partial charge is 0.419 e. The Kier molecular flexibility index (Phi) is 6.80. The Morgan fingerprint density at radius 2 is 1.93 bits per heavy atom. The highest BCUT2D eigenvalue weighted by molar-refractivity contribution is 8.03. The van der Waals surface area contributed by atoms with Gasteiger partial charge in [-0.3, -0.25) is 10.1 Å². The number of hydrogen-bond donors (Lipinski definition) is 0. The van der Waals surface area contributed by atoms with E-state index in [4.69, 9.17) is 4.42 Å². The summed E-state index contributed by atoms with van der Waals surface area (Å²) in [7, 11) is 0.